The molecule has 0 spiro atoms. The van der Waals surface area contributed by atoms with Gasteiger partial charge in [0.25, 0.3) is 0 Å². The number of primary amides is 1. The molecule has 0 saturated heterocycles. The second-order valence-electron chi connectivity index (χ2n) is 3.23. The van der Waals surface area contributed by atoms with Crippen molar-refractivity contribution in [2.75, 3.05) is 12.9 Å². The number of hydrogen-bond donors (Lipinski definition) is 2. The van der Waals surface area contributed by atoms with Gasteiger partial charge in [0.15, 0.2) is 0 Å². The lowest BCUT2D eigenvalue weighted by Crippen LogP contribution is -2.12. The summed E-state index contributed by atoms with van der Waals surface area (Å²) in [5.41, 5.74) is 6.57. The van der Waals surface area contributed by atoms with E-state index in [1.807, 2.05) is 18.2 Å². The molecule has 16 heavy (non-hydrogen) atoms. The van der Waals surface area contributed by atoms with Crippen LogP contribution in [0.3, 0.4) is 0 Å². The molecule has 1 aromatic rings. The summed E-state index contributed by atoms with van der Waals surface area (Å²) in [6.45, 7) is 0. The molecule has 0 bridgehead atoms. The Morgan fingerprint density at radius 2 is 2.31 bits per heavy atom. The second kappa shape index (κ2) is 6.23. The van der Waals surface area contributed by atoms with Crippen LogP contribution < -0.4 is 10.5 Å². The van der Waals surface area contributed by atoms with Crippen LogP contribution in [0.25, 0.3) is 6.08 Å². The number of hydrogen-bond acceptors (Lipinski definition) is 3. The average Bonchev–Trinajstić information content (AvgIpc) is 2.29. The Labute approximate surface area is 101 Å². The van der Waals surface area contributed by atoms with Gasteiger partial charge in [-0.25, -0.2) is 0 Å². The molecule has 3 nitrogen and oxygen atoms in total. The van der Waals surface area contributed by atoms with E-state index in [2.05, 4.69) is 12.6 Å². The molecule has 0 fully saturated rings. The van der Waals surface area contributed by atoms with E-state index in [1.165, 1.54) is 0 Å². The number of nitrogens with two attached hydrogens (primary N) is 1. The van der Waals surface area contributed by atoms with Gasteiger partial charge in [0.1, 0.15) is 5.75 Å². The zero-order chi connectivity index (χ0) is 12.0. The van der Waals surface area contributed by atoms with E-state index >= 15 is 0 Å². The van der Waals surface area contributed by atoms with E-state index in [1.54, 1.807) is 19.2 Å². The summed E-state index contributed by atoms with van der Waals surface area (Å²) in [4.78, 5) is 11.2. The average molecular weight is 237 g/mol. The van der Waals surface area contributed by atoms with E-state index in [9.17, 15) is 4.79 Å². The van der Waals surface area contributed by atoms with E-state index in [4.69, 9.17) is 10.5 Å². The molecule has 0 aliphatic rings. The smallest absolute Gasteiger partial charge is 0.249 e. The Bertz CT molecular complexity index is 402. The number of methoxy groups -OCH3 is 1. The topological polar surface area (TPSA) is 52.3 Å². The van der Waals surface area contributed by atoms with Crippen molar-refractivity contribution in [2.24, 2.45) is 5.73 Å². The van der Waals surface area contributed by atoms with Gasteiger partial charge in [-0.05, 0) is 29.9 Å². The number of carbonyl (C=O) groups is 1. The zero-order valence-electron chi connectivity index (χ0n) is 9.14. The normalized spacial score (nSPS) is 10.6. The summed E-state index contributed by atoms with van der Waals surface area (Å²) >= 11 is 4.10. The van der Waals surface area contributed by atoms with Gasteiger partial charge in [0.2, 0.25) is 5.91 Å². The van der Waals surface area contributed by atoms with Gasteiger partial charge in [-0.15, -0.1) is 0 Å². The first kappa shape index (κ1) is 12.6. The molecule has 0 radical (unpaired) electrons. The van der Waals surface area contributed by atoms with Gasteiger partial charge in [-0.3, -0.25) is 4.79 Å². The van der Waals surface area contributed by atoms with Crippen LogP contribution in [0.2, 0.25) is 0 Å². The highest BCUT2D eigenvalue weighted by Gasteiger charge is 2.07. The minimum atomic E-state index is -0.454. The lowest BCUT2D eigenvalue weighted by atomic mass is 10.1. The molecule has 0 unspecified atom stereocenters. The molecule has 0 saturated carbocycles. The Hall–Kier alpha value is -1.42. The van der Waals surface area contributed by atoms with Crippen molar-refractivity contribution in [2.45, 2.75) is 6.42 Å². The first-order chi connectivity index (χ1) is 7.69. The fraction of sp³-hybridized carbons (Fsp3) is 0.250. The van der Waals surface area contributed by atoms with Crippen LogP contribution in [-0.2, 0) is 0 Å². The fourth-order valence-electron chi connectivity index (χ4n) is 1.31. The number of ether oxygens (including phenoxy) is 1. The molecular weight excluding hydrogens is 222 g/mol. The van der Waals surface area contributed by atoms with E-state index in [0.29, 0.717) is 11.3 Å². The van der Waals surface area contributed by atoms with Crippen molar-refractivity contribution in [1.29, 1.82) is 0 Å². The lowest BCUT2D eigenvalue weighted by Gasteiger charge is -2.05. The van der Waals surface area contributed by atoms with Crippen LogP contribution in [0.1, 0.15) is 22.3 Å². The maximum Gasteiger partial charge on any atom is 0.249 e. The van der Waals surface area contributed by atoms with Gasteiger partial charge < -0.3 is 10.5 Å². The van der Waals surface area contributed by atoms with Crippen molar-refractivity contribution in [3.8, 4) is 5.75 Å². The van der Waals surface area contributed by atoms with Crippen molar-refractivity contribution in [3.05, 3.63) is 35.4 Å². The van der Waals surface area contributed by atoms with Crippen molar-refractivity contribution in [1.82, 2.24) is 0 Å². The predicted molar refractivity (Wildman–Crippen MR) is 69.0 cm³/mol. The molecule has 1 aromatic carbocycles. The highest BCUT2D eigenvalue weighted by atomic mass is 32.1. The highest BCUT2D eigenvalue weighted by molar-refractivity contribution is 7.80. The molecule has 4 heteroatoms. The summed E-state index contributed by atoms with van der Waals surface area (Å²) < 4.78 is 5.04. The Kier molecular flexibility index (Phi) is 4.92. The molecule has 1 rings (SSSR count). The minimum absolute atomic E-state index is 0.454. The Morgan fingerprint density at radius 1 is 1.56 bits per heavy atom. The summed E-state index contributed by atoms with van der Waals surface area (Å²) in [5.74, 6) is 0.947. The molecular formula is C12H15NO2S. The standard InChI is InChI=1S/C12H15NO2S/c1-15-10-6-5-9(4-2-3-7-16)11(8-10)12(13)14/h2,4-6,8,16H,3,7H2,1H3,(H2,13,14). The maximum atomic E-state index is 11.2. The van der Waals surface area contributed by atoms with Crippen LogP contribution in [-0.4, -0.2) is 18.8 Å². The van der Waals surface area contributed by atoms with E-state index in [0.717, 1.165) is 17.7 Å². The predicted octanol–water partition coefficient (Wildman–Crippen LogP) is 2.13. The van der Waals surface area contributed by atoms with Crippen molar-refractivity contribution >= 4 is 24.6 Å². The Balaban J connectivity index is 3.03. The maximum absolute atomic E-state index is 11.2. The lowest BCUT2D eigenvalue weighted by molar-refractivity contribution is 0.1000. The van der Waals surface area contributed by atoms with Crippen LogP contribution in [0.15, 0.2) is 24.3 Å². The number of allylic oxidation sites excluding steroid dienone is 1. The van der Waals surface area contributed by atoms with Gasteiger partial charge >= 0.3 is 0 Å². The molecule has 0 aromatic heterocycles. The highest BCUT2D eigenvalue weighted by Crippen LogP contribution is 2.18. The van der Waals surface area contributed by atoms with Gasteiger partial charge in [0.05, 0.1) is 7.11 Å². The van der Waals surface area contributed by atoms with Crippen molar-refractivity contribution in [3.63, 3.8) is 0 Å². The number of amides is 1. The first-order valence-electron chi connectivity index (χ1n) is 4.94. The molecule has 0 aliphatic heterocycles. The summed E-state index contributed by atoms with van der Waals surface area (Å²) in [6.07, 6.45) is 4.68. The van der Waals surface area contributed by atoms with E-state index in [-0.39, 0.29) is 0 Å². The molecule has 2 N–H and O–H groups in total. The number of benzene rings is 1. The molecule has 0 aliphatic carbocycles. The third-order valence-corrected chi connectivity index (χ3v) is 2.38. The van der Waals surface area contributed by atoms with Crippen LogP contribution >= 0.6 is 12.6 Å². The third-order valence-electron chi connectivity index (χ3n) is 2.12. The van der Waals surface area contributed by atoms with Gasteiger partial charge in [-0.2, -0.15) is 12.6 Å². The molecule has 0 heterocycles. The van der Waals surface area contributed by atoms with Crippen molar-refractivity contribution < 1.29 is 9.53 Å². The summed E-state index contributed by atoms with van der Waals surface area (Å²) in [5, 5.41) is 0. The fourth-order valence-corrected chi connectivity index (χ4v) is 1.45. The number of carbonyl (C=O) groups excluding carboxylic acids is 1. The summed E-state index contributed by atoms with van der Waals surface area (Å²) in [7, 11) is 1.55. The number of rotatable bonds is 5. The summed E-state index contributed by atoms with van der Waals surface area (Å²) in [6, 6.07) is 5.25. The Morgan fingerprint density at radius 3 is 2.88 bits per heavy atom. The largest absolute Gasteiger partial charge is 0.497 e. The molecule has 1 amide bonds. The van der Waals surface area contributed by atoms with Crippen LogP contribution in [0.4, 0.5) is 0 Å². The third kappa shape index (κ3) is 3.31. The minimum Gasteiger partial charge on any atom is -0.497 e. The quantitative estimate of drug-likeness (QED) is 0.771. The van der Waals surface area contributed by atoms with Gasteiger partial charge in [0, 0.05) is 5.56 Å². The van der Waals surface area contributed by atoms with Crippen LogP contribution in [0.5, 0.6) is 5.75 Å². The monoisotopic (exact) mass is 237 g/mol. The second-order valence-corrected chi connectivity index (χ2v) is 3.68. The van der Waals surface area contributed by atoms with Gasteiger partial charge in [-0.1, -0.05) is 18.2 Å². The number of thiol groups is 1. The molecule has 86 valence electrons. The zero-order valence-corrected chi connectivity index (χ0v) is 10.0. The van der Waals surface area contributed by atoms with Crippen LogP contribution in [0, 0.1) is 0 Å². The SMILES string of the molecule is COc1ccc(C=CCCS)c(C(N)=O)c1. The first-order valence-corrected chi connectivity index (χ1v) is 5.57. The van der Waals surface area contributed by atoms with E-state index < -0.39 is 5.91 Å². The molecule has 0 atom stereocenters.